The van der Waals surface area contributed by atoms with E-state index < -0.39 is 0 Å². The van der Waals surface area contributed by atoms with Gasteiger partial charge in [0, 0.05) is 0 Å². The normalized spacial score (nSPS) is 19.9. The van der Waals surface area contributed by atoms with E-state index in [0.717, 1.165) is 43.9 Å². The molecule has 212 valence electrons. The van der Waals surface area contributed by atoms with Gasteiger partial charge < -0.3 is 9.84 Å². The minimum atomic E-state index is -0.329. The van der Waals surface area contributed by atoms with Gasteiger partial charge in [0.1, 0.15) is 11.4 Å². The molecule has 4 rings (SSSR count). The van der Waals surface area contributed by atoms with Gasteiger partial charge in [-0.25, -0.2) is 0 Å². The number of hydrogen-bond donors (Lipinski definition) is 1. The molecule has 3 heteroatoms. The molecule has 0 amide bonds. The SMILES string of the molecule is CC1Cc2ccccc2C1C.CCC(C)(C)c1ccc(O)cc1.CCC1(OC(=O)C(C)(C)CC)CCCC1. The lowest BCUT2D eigenvalue weighted by Crippen LogP contribution is -2.37. The average Bonchev–Trinajstić information content (AvgIpc) is 3.49. The molecular formula is C35H54O3. The Morgan fingerprint density at radius 1 is 0.921 bits per heavy atom. The molecule has 2 unspecified atom stereocenters. The van der Waals surface area contributed by atoms with Crippen molar-refractivity contribution in [3.8, 4) is 5.75 Å². The van der Waals surface area contributed by atoms with Gasteiger partial charge in [-0.15, -0.1) is 0 Å². The molecule has 2 aromatic rings. The van der Waals surface area contributed by atoms with Gasteiger partial charge >= 0.3 is 5.97 Å². The van der Waals surface area contributed by atoms with Crippen LogP contribution in [0.3, 0.4) is 0 Å². The van der Waals surface area contributed by atoms with Gasteiger partial charge in [-0.1, -0.05) is 84.9 Å². The number of ether oxygens (including phenoxy) is 1. The van der Waals surface area contributed by atoms with E-state index >= 15 is 0 Å². The van der Waals surface area contributed by atoms with Crippen LogP contribution in [0.15, 0.2) is 48.5 Å². The molecule has 3 nitrogen and oxygen atoms in total. The van der Waals surface area contributed by atoms with Crippen LogP contribution >= 0.6 is 0 Å². The third kappa shape index (κ3) is 8.35. The summed E-state index contributed by atoms with van der Waals surface area (Å²) in [6.45, 7) is 19.3. The minimum Gasteiger partial charge on any atom is -0.508 e. The Labute approximate surface area is 233 Å². The molecule has 2 aliphatic rings. The number of fused-ring (bicyclic) bond motifs is 1. The molecule has 0 bridgehead atoms. The number of carbonyl (C=O) groups is 1. The first-order chi connectivity index (χ1) is 17.8. The molecule has 1 N–H and O–H groups in total. The predicted molar refractivity (Wildman–Crippen MR) is 161 cm³/mol. The summed E-state index contributed by atoms with van der Waals surface area (Å²) in [7, 11) is 0. The van der Waals surface area contributed by atoms with Gasteiger partial charge in [-0.05, 0) is 111 Å². The Morgan fingerprint density at radius 3 is 2.00 bits per heavy atom. The van der Waals surface area contributed by atoms with Crippen molar-refractivity contribution < 1.29 is 14.6 Å². The van der Waals surface area contributed by atoms with Crippen LogP contribution in [0.2, 0.25) is 0 Å². The van der Waals surface area contributed by atoms with E-state index in [2.05, 4.69) is 65.8 Å². The third-order valence-electron chi connectivity index (χ3n) is 9.38. The van der Waals surface area contributed by atoms with Crippen molar-refractivity contribution >= 4 is 5.97 Å². The standard InChI is InChI=1S/C13H24O2.C11H16O.C11H14/c1-5-12(3,4)11(14)15-13(6-2)9-7-8-10-13;1-4-11(2,3)9-5-7-10(12)8-6-9;1-8-7-10-5-3-4-6-11(10)9(8)2/h5-10H2,1-4H3;5-8,12H,4H2,1-3H3;3-6,8-9H,7H2,1-2H3. The topological polar surface area (TPSA) is 46.5 Å². The summed E-state index contributed by atoms with van der Waals surface area (Å²) in [5, 5.41) is 9.10. The Hall–Kier alpha value is -2.29. The molecule has 0 saturated heterocycles. The maximum absolute atomic E-state index is 12.0. The zero-order valence-electron chi connectivity index (χ0n) is 25.7. The molecule has 0 radical (unpaired) electrons. The molecule has 2 atom stereocenters. The summed E-state index contributed by atoms with van der Waals surface area (Å²) in [5.74, 6) is 1.93. The average molecular weight is 523 g/mol. The highest BCUT2D eigenvalue weighted by atomic mass is 16.6. The van der Waals surface area contributed by atoms with Gasteiger partial charge in [0.2, 0.25) is 0 Å². The second-order valence-corrected chi connectivity index (χ2v) is 12.8. The fraction of sp³-hybridized carbons (Fsp3) is 0.629. The lowest BCUT2D eigenvalue weighted by atomic mass is 9.82. The minimum absolute atomic E-state index is 0.0197. The predicted octanol–water partition coefficient (Wildman–Crippen LogP) is 9.75. The van der Waals surface area contributed by atoms with E-state index in [4.69, 9.17) is 9.84 Å². The molecule has 0 heterocycles. The number of carbonyl (C=O) groups excluding carboxylic acids is 1. The summed E-state index contributed by atoms with van der Waals surface area (Å²) in [4.78, 5) is 12.0. The molecule has 2 aliphatic carbocycles. The van der Waals surface area contributed by atoms with Crippen LogP contribution in [-0.4, -0.2) is 16.7 Å². The van der Waals surface area contributed by atoms with Gasteiger partial charge in [0.15, 0.2) is 0 Å². The molecule has 0 aromatic heterocycles. The van der Waals surface area contributed by atoms with Crippen molar-refractivity contribution in [3.63, 3.8) is 0 Å². The van der Waals surface area contributed by atoms with Crippen LogP contribution in [0.1, 0.15) is 130 Å². The summed E-state index contributed by atoms with van der Waals surface area (Å²) < 4.78 is 5.76. The fourth-order valence-electron chi connectivity index (χ4n) is 5.14. The van der Waals surface area contributed by atoms with Crippen molar-refractivity contribution in [3.05, 3.63) is 65.2 Å². The molecule has 1 saturated carbocycles. The Balaban J connectivity index is 0.000000203. The third-order valence-corrected chi connectivity index (χ3v) is 9.38. The van der Waals surface area contributed by atoms with Crippen LogP contribution < -0.4 is 0 Å². The van der Waals surface area contributed by atoms with E-state index in [0.29, 0.717) is 5.75 Å². The Morgan fingerprint density at radius 2 is 1.50 bits per heavy atom. The second-order valence-electron chi connectivity index (χ2n) is 12.8. The van der Waals surface area contributed by atoms with Crippen LogP contribution in [-0.2, 0) is 21.4 Å². The number of esters is 1. The second kappa shape index (κ2) is 13.7. The number of aromatic hydroxyl groups is 1. The van der Waals surface area contributed by atoms with E-state index in [1.165, 1.54) is 24.8 Å². The number of hydrogen-bond acceptors (Lipinski definition) is 3. The van der Waals surface area contributed by atoms with Crippen LogP contribution in [0.25, 0.3) is 0 Å². The highest BCUT2D eigenvalue weighted by Crippen LogP contribution is 2.38. The summed E-state index contributed by atoms with van der Waals surface area (Å²) in [6.07, 6.45) is 8.69. The molecule has 0 aliphatic heterocycles. The quantitative estimate of drug-likeness (QED) is 0.384. The zero-order valence-corrected chi connectivity index (χ0v) is 25.7. The fourth-order valence-corrected chi connectivity index (χ4v) is 5.14. The first-order valence-corrected chi connectivity index (χ1v) is 14.9. The van der Waals surface area contributed by atoms with Crippen LogP contribution in [0, 0.1) is 11.3 Å². The molecule has 2 aromatic carbocycles. The van der Waals surface area contributed by atoms with Crippen LogP contribution in [0.4, 0.5) is 0 Å². The summed E-state index contributed by atoms with van der Waals surface area (Å²) in [5.41, 5.74) is 4.16. The van der Waals surface area contributed by atoms with Crippen molar-refractivity contribution in [1.29, 1.82) is 0 Å². The summed E-state index contributed by atoms with van der Waals surface area (Å²) in [6, 6.07) is 16.3. The smallest absolute Gasteiger partial charge is 0.312 e. The molecule has 38 heavy (non-hydrogen) atoms. The Bertz CT molecular complexity index is 996. The molecule has 0 spiro atoms. The highest BCUT2D eigenvalue weighted by Gasteiger charge is 2.39. The maximum atomic E-state index is 12.0. The highest BCUT2D eigenvalue weighted by molar-refractivity contribution is 5.76. The van der Waals surface area contributed by atoms with Crippen molar-refractivity contribution in [2.45, 2.75) is 131 Å². The number of phenols is 1. The van der Waals surface area contributed by atoms with Gasteiger partial charge in [0.05, 0.1) is 5.41 Å². The van der Waals surface area contributed by atoms with E-state index in [-0.39, 0.29) is 22.4 Å². The molecular weight excluding hydrogens is 468 g/mol. The van der Waals surface area contributed by atoms with Crippen molar-refractivity contribution in [2.75, 3.05) is 0 Å². The molecule has 1 fully saturated rings. The maximum Gasteiger partial charge on any atom is 0.312 e. The first-order valence-electron chi connectivity index (χ1n) is 14.9. The lowest BCUT2D eigenvalue weighted by Gasteiger charge is -2.32. The first kappa shape index (κ1) is 31.9. The van der Waals surface area contributed by atoms with Crippen LogP contribution in [0.5, 0.6) is 5.75 Å². The number of rotatable bonds is 6. The van der Waals surface area contributed by atoms with Crippen molar-refractivity contribution in [1.82, 2.24) is 0 Å². The van der Waals surface area contributed by atoms with Gasteiger partial charge in [-0.3, -0.25) is 4.79 Å². The number of phenolic OH excluding ortho intramolecular Hbond substituents is 1. The largest absolute Gasteiger partial charge is 0.508 e. The summed E-state index contributed by atoms with van der Waals surface area (Å²) >= 11 is 0. The van der Waals surface area contributed by atoms with Gasteiger partial charge in [-0.2, -0.15) is 0 Å². The zero-order chi connectivity index (χ0) is 28.6. The van der Waals surface area contributed by atoms with Crippen molar-refractivity contribution in [2.24, 2.45) is 11.3 Å². The lowest BCUT2D eigenvalue weighted by molar-refractivity contribution is -0.170. The number of benzene rings is 2. The van der Waals surface area contributed by atoms with Gasteiger partial charge in [0.25, 0.3) is 0 Å². The van der Waals surface area contributed by atoms with E-state index in [1.807, 2.05) is 32.9 Å². The van der Waals surface area contributed by atoms with E-state index in [9.17, 15) is 4.79 Å². The Kier molecular flexibility index (Phi) is 11.5. The van der Waals surface area contributed by atoms with E-state index in [1.54, 1.807) is 23.3 Å². The monoisotopic (exact) mass is 522 g/mol.